The number of fused-ring (bicyclic) bond motifs is 1. The third kappa shape index (κ3) is 3.44. The number of carbonyl (C=O) groups is 1. The molecule has 2 aromatic rings. The molecule has 1 amide bonds. The monoisotopic (exact) mass is 282 g/mol. The highest BCUT2D eigenvalue weighted by Crippen LogP contribution is 2.21. The zero-order chi connectivity index (χ0) is 14.5. The maximum atomic E-state index is 11.9. The first-order chi connectivity index (χ1) is 10.3. The molecule has 0 atom stereocenters. The summed E-state index contributed by atoms with van der Waals surface area (Å²) < 4.78 is 0. The van der Waals surface area contributed by atoms with E-state index >= 15 is 0 Å². The smallest absolute Gasteiger partial charge is 0.246 e. The molecule has 1 saturated heterocycles. The zero-order valence-electron chi connectivity index (χ0n) is 11.8. The Hall–Kier alpha value is -2.27. The Kier molecular flexibility index (Phi) is 4.21. The van der Waals surface area contributed by atoms with Crippen LogP contribution >= 0.6 is 0 Å². The van der Waals surface area contributed by atoms with Crippen molar-refractivity contribution in [2.24, 2.45) is 10.2 Å². The van der Waals surface area contributed by atoms with E-state index in [4.69, 9.17) is 0 Å². The average molecular weight is 282 g/mol. The predicted octanol–water partition coefficient (Wildman–Crippen LogP) is 2.36. The molecule has 5 nitrogen and oxygen atoms in total. The Labute approximate surface area is 123 Å². The van der Waals surface area contributed by atoms with E-state index in [1.165, 1.54) is 5.39 Å². The topological polar surface area (TPSA) is 57.1 Å². The van der Waals surface area contributed by atoms with Crippen LogP contribution in [0.2, 0.25) is 0 Å². The second kappa shape index (κ2) is 6.45. The van der Waals surface area contributed by atoms with E-state index in [-0.39, 0.29) is 12.5 Å². The number of piperazine rings is 1. The van der Waals surface area contributed by atoms with Crippen LogP contribution in [0.4, 0.5) is 5.69 Å². The van der Waals surface area contributed by atoms with Crippen LogP contribution in [0.1, 0.15) is 0 Å². The third-order valence-electron chi connectivity index (χ3n) is 3.59. The molecule has 1 fully saturated rings. The van der Waals surface area contributed by atoms with E-state index in [1.54, 1.807) is 0 Å². The number of hydrogen-bond donors (Lipinski definition) is 1. The van der Waals surface area contributed by atoms with E-state index in [0.29, 0.717) is 0 Å². The number of carbonyl (C=O) groups excluding carboxylic acids is 1. The van der Waals surface area contributed by atoms with Gasteiger partial charge in [0.2, 0.25) is 5.91 Å². The van der Waals surface area contributed by atoms with Crippen molar-refractivity contribution >= 4 is 22.4 Å². The van der Waals surface area contributed by atoms with Crippen LogP contribution < -0.4 is 5.32 Å². The fraction of sp³-hybridized carbons (Fsp3) is 0.312. The van der Waals surface area contributed by atoms with Crippen molar-refractivity contribution in [2.75, 3.05) is 32.7 Å². The summed E-state index contributed by atoms with van der Waals surface area (Å²) in [7, 11) is 0. The summed E-state index contributed by atoms with van der Waals surface area (Å²) in [5, 5.41) is 13.7. The summed E-state index contributed by atoms with van der Waals surface area (Å²) in [5.74, 6) is 0.0426. The molecular weight excluding hydrogens is 264 g/mol. The van der Waals surface area contributed by atoms with E-state index in [1.807, 2.05) is 41.3 Å². The molecule has 1 heterocycles. The summed E-state index contributed by atoms with van der Waals surface area (Å²) in [5.41, 5.74) is 0.779. The van der Waals surface area contributed by atoms with Crippen molar-refractivity contribution in [2.45, 2.75) is 0 Å². The van der Waals surface area contributed by atoms with Gasteiger partial charge in [-0.25, -0.2) is 0 Å². The largest absolute Gasteiger partial charge is 0.338 e. The van der Waals surface area contributed by atoms with Crippen molar-refractivity contribution < 1.29 is 4.79 Å². The van der Waals surface area contributed by atoms with Gasteiger partial charge in [-0.15, -0.1) is 0 Å². The fourth-order valence-corrected chi connectivity index (χ4v) is 2.43. The number of hydrogen-bond acceptors (Lipinski definition) is 4. The molecule has 0 saturated carbocycles. The van der Waals surface area contributed by atoms with Crippen molar-refractivity contribution in [3.05, 3.63) is 42.5 Å². The van der Waals surface area contributed by atoms with Gasteiger partial charge >= 0.3 is 0 Å². The zero-order valence-corrected chi connectivity index (χ0v) is 11.8. The molecule has 0 aromatic heterocycles. The Morgan fingerprint density at radius 1 is 1.10 bits per heavy atom. The molecule has 1 aliphatic heterocycles. The highest BCUT2D eigenvalue weighted by molar-refractivity contribution is 5.85. The summed E-state index contributed by atoms with van der Waals surface area (Å²) in [6, 6.07) is 14.0. The summed E-state index contributed by atoms with van der Waals surface area (Å²) in [6.45, 7) is 3.34. The first kappa shape index (κ1) is 13.7. The van der Waals surface area contributed by atoms with Gasteiger partial charge in [-0.3, -0.25) is 4.79 Å². The number of amides is 1. The van der Waals surface area contributed by atoms with E-state index < -0.39 is 0 Å². The first-order valence-electron chi connectivity index (χ1n) is 7.18. The fourth-order valence-electron chi connectivity index (χ4n) is 2.43. The SMILES string of the molecule is O=C(C/N=N/c1ccc2ccccc2c1)N1CCNCC1. The van der Waals surface area contributed by atoms with Crippen LogP contribution in [0, 0.1) is 0 Å². The van der Waals surface area contributed by atoms with Gasteiger partial charge < -0.3 is 10.2 Å². The van der Waals surface area contributed by atoms with Crippen LogP contribution in [-0.2, 0) is 4.79 Å². The van der Waals surface area contributed by atoms with Gasteiger partial charge in [0, 0.05) is 26.2 Å². The lowest BCUT2D eigenvalue weighted by molar-refractivity contribution is -0.130. The second-order valence-corrected chi connectivity index (χ2v) is 5.06. The maximum absolute atomic E-state index is 11.9. The molecular formula is C16H18N4O. The second-order valence-electron chi connectivity index (χ2n) is 5.06. The van der Waals surface area contributed by atoms with E-state index in [0.717, 1.165) is 37.3 Å². The van der Waals surface area contributed by atoms with Crippen LogP contribution in [0.25, 0.3) is 10.8 Å². The molecule has 0 aliphatic carbocycles. The van der Waals surface area contributed by atoms with Gasteiger partial charge in [0.25, 0.3) is 0 Å². The molecule has 1 aliphatic rings. The lowest BCUT2D eigenvalue weighted by Crippen LogP contribution is -2.47. The van der Waals surface area contributed by atoms with E-state index in [9.17, 15) is 4.79 Å². The highest BCUT2D eigenvalue weighted by Gasteiger charge is 2.15. The number of nitrogens with one attached hydrogen (secondary N) is 1. The molecule has 1 N–H and O–H groups in total. The number of azo groups is 1. The minimum absolute atomic E-state index is 0.0426. The van der Waals surface area contributed by atoms with Crippen molar-refractivity contribution in [1.29, 1.82) is 0 Å². The Morgan fingerprint density at radius 2 is 1.86 bits per heavy atom. The molecule has 108 valence electrons. The lowest BCUT2D eigenvalue weighted by atomic mass is 10.1. The van der Waals surface area contributed by atoms with Crippen LogP contribution in [-0.4, -0.2) is 43.5 Å². The summed E-state index contributed by atoms with van der Waals surface area (Å²) in [4.78, 5) is 13.8. The van der Waals surface area contributed by atoms with Gasteiger partial charge in [0.05, 0.1) is 5.69 Å². The van der Waals surface area contributed by atoms with Crippen molar-refractivity contribution in [3.8, 4) is 0 Å². The van der Waals surface area contributed by atoms with Crippen LogP contribution in [0.5, 0.6) is 0 Å². The van der Waals surface area contributed by atoms with Crippen LogP contribution in [0.15, 0.2) is 52.7 Å². The van der Waals surface area contributed by atoms with Gasteiger partial charge in [0.1, 0.15) is 6.54 Å². The Balaban J connectivity index is 1.63. The minimum atomic E-state index is 0.0426. The van der Waals surface area contributed by atoms with Gasteiger partial charge in [0.15, 0.2) is 0 Å². The molecule has 0 unspecified atom stereocenters. The predicted molar refractivity (Wildman–Crippen MR) is 82.8 cm³/mol. The standard InChI is InChI=1S/C16H18N4O/c21-16(20-9-7-17-8-10-20)12-18-19-15-6-5-13-3-1-2-4-14(13)11-15/h1-6,11,17H,7-10,12H2/b19-18+. The van der Waals surface area contributed by atoms with Crippen molar-refractivity contribution in [1.82, 2.24) is 10.2 Å². The highest BCUT2D eigenvalue weighted by atomic mass is 16.2. The van der Waals surface area contributed by atoms with Gasteiger partial charge in [-0.05, 0) is 22.9 Å². The lowest BCUT2D eigenvalue weighted by Gasteiger charge is -2.26. The minimum Gasteiger partial charge on any atom is -0.338 e. The number of nitrogens with zero attached hydrogens (tertiary/aromatic N) is 3. The normalized spacial score (nSPS) is 15.7. The quantitative estimate of drug-likeness (QED) is 0.879. The first-order valence-corrected chi connectivity index (χ1v) is 7.18. The molecule has 0 radical (unpaired) electrons. The Bertz CT molecular complexity index is 662. The van der Waals surface area contributed by atoms with E-state index in [2.05, 4.69) is 21.6 Å². The summed E-state index contributed by atoms with van der Waals surface area (Å²) in [6.07, 6.45) is 0. The summed E-state index contributed by atoms with van der Waals surface area (Å²) >= 11 is 0. The Morgan fingerprint density at radius 3 is 2.67 bits per heavy atom. The molecule has 3 rings (SSSR count). The number of rotatable bonds is 3. The van der Waals surface area contributed by atoms with Crippen molar-refractivity contribution in [3.63, 3.8) is 0 Å². The molecule has 5 heteroatoms. The molecule has 21 heavy (non-hydrogen) atoms. The molecule has 0 spiro atoms. The van der Waals surface area contributed by atoms with Gasteiger partial charge in [-0.1, -0.05) is 30.3 Å². The average Bonchev–Trinajstić information content (AvgIpc) is 2.55. The number of benzene rings is 2. The van der Waals surface area contributed by atoms with Crippen LogP contribution in [0.3, 0.4) is 0 Å². The third-order valence-corrected chi connectivity index (χ3v) is 3.59. The maximum Gasteiger partial charge on any atom is 0.246 e. The molecule has 2 aromatic carbocycles. The molecule has 0 bridgehead atoms. The van der Waals surface area contributed by atoms with Gasteiger partial charge in [-0.2, -0.15) is 10.2 Å².